The number of furan rings is 1. The fraction of sp³-hybridized carbons (Fsp3) is 0.182. The van der Waals surface area contributed by atoms with Crippen molar-refractivity contribution in [3.05, 3.63) is 76.2 Å². The third-order valence-electron chi connectivity index (χ3n) is 4.42. The maximum Gasteiger partial charge on any atom is 0.217 e. The number of thiophene rings is 1. The lowest BCUT2D eigenvalue weighted by Gasteiger charge is -2.09. The number of Topliss-reactive ketones (excluding diaryl/α,β-unsaturated/α-hetero) is 1. The van der Waals surface area contributed by atoms with Gasteiger partial charge in [0.2, 0.25) is 11.7 Å². The van der Waals surface area contributed by atoms with E-state index in [-0.39, 0.29) is 17.4 Å². The second kappa shape index (κ2) is 9.76. The van der Waals surface area contributed by atoms with Crippen LogP contribution in [0, 0.1) is 0 Å². The van der Waals surface area contributed by atoms with Gasteiger partial charge in [0.25, 0.3) is 0 Å². The molecule has 0 aliphatic rings. The van der Waals surface area contributed by atoms with Gasteiger partial charge in [-0.05, 0) is 29.8 Å². The Morgan fingerprint density at radius 1 is 1.10 bits per heavy atom. The molecule has 0 saturated heterocycles. The number of nitrogens with zero attached hydrogens (tertiary/aromatic N) is 3. The predicted octanol–water partition coefficient (Wildman–Crippen LogP) is 4.26. The first-order valence-corrected chi connectivity index (χ1v) is 11.4. The molecule has 1 amide bonds. The van der Waals surface area contributed by atoms with Crippen molar-refractivity contribution in [1.29, 1.82) is 0 Å². The van der Waals surface area contributed by atoms with E-state index >= 15 is 0 Å². The Morgan fingerprint density at radius 3 is 2.68 bits per heavy atom. The molecule has 7 nitrogen and oxygen atoms in total. The van der Waals surface area contributed by atoms with Crippen LogP contribution in [-0.2, 0) is 17.9 Å². The number of benzene rings is 1. The van der Waals surface area contributed by atoms with Gasteiger partial charge >= 0.3 is 0 Å². The zero-order valence-electron chi connectivity index (χ0n) is 16.8. The molecule has 0 saturated carbocycles. The van der Waals surface area contributed by atoms with E-state index in [1.54, 1.807) is 12.3 Å². The van der Waals surface area contributed by atoms with Gasteiger partial charge in [-0.15, -0.1) is 21.5 Å². The second-order valence-corrected chi connectivity index (χ2v) is 8.85. The quantitative estimate of drug-likeness (QED) is 0.301. The minimum atomic E-state index is -0.0954. The molecule has 0 spiro atoms. The fourth-order valence-corrected chi connectivity index (χ4v) is 4.73. The minimum absolute atomic E-state index is 0.0119. The number of hydrogen-bond donors (Lipinski definition) is 1. The summed E-state index contributed by atoms with van der Waals surface area (Å²) < 4.78 is 7.48. The van der Waals surface area contributed by atoms with E-state index in [0.717, 1.165) is 10.4 Å². The van der Waals surface area contributed by atoms with E-state index in [0.29, 0.717) is 34.7 Å². The highest BCUT2D eigenvalue weighted by Gasteiger charge is 2.19. The highest BCUT2D eigenvalue weighted by molar-refractivity contribution is 7.99. The van der Waals surface area contributed by atoms with Gasteiger partial charge in [-0.3, -0.25) is 14.2 Å². The van der Waals surface area contributed by atoms with Crippen molar-refractivity contribution in [2.45, 2.75) is 25.2 Å². The highest BCUT2D eigenvalue weighted by Crippen LogP contribution is 2.27. The standard InChI is InChI=1S/C22H20N4O3S2/c1-15(27)23-12-17-9-10-20(31-17)18(28)14-30-22-25-24-21(19-8-5-11-29-19)26(22)13-16-6-3-2-4-7-16/h2-11H,12-14H2,1H3,(H,23,27). The highest BCUT2D eigenvalue weighted by atomic mass is 32.2. The second-order valence-electron chi connectivity index (χ2n) is 6.74. The summed E-state index contributed by atoms with van der Waals surface area (Å²) in [6.45, 7) is 2.47. The zero-order valence-corrected chi connectivity index (χ0v) is 18.4. The van der Waals surface area contributed by atoms with Crippen molar-refractivity contribution in [2.24, 2.45) is 0 Å². The van der Waals surface area contributed by atoms with Gasteiger partial charge in [0.1, 0.15) is 0 Å². The SMILES string of the molecule is CC(=O)NCc1ccc(C(=O)CSc2nnc(-c3ccco3)n2Cc2ccccc2)s1. The molecule has 3 aromatic heterocycles. The Hall–Kier alpha value is -3.17. The summed E-state index contributed by atoms with van der Waals surface area (Å²) in [7, 11) is 0. The lowest BCUT2D eigenvalue weighted by molar-refractivity contribution is -0.119. The van der Waals surface area contributed by atoms with Gasteiger partial charge in [-0.25, -0.2) is 0 Å². The zero-order chi connectivity index (χ0) is 21.6. The Balaban J connectivity index is 1.49. The number of thioether (sulfide) groups is 1. The number of carbonyl (C=O) groups is 2. The van der Waals surface area contributed by atoms with Crippen LogP contribution in [0.5, 0.6) is 0 Å². The fourth-order valence-electron chi connectivity index (χ4n) is 2.93. The monoisotopic (exact) mass is 452 g/mol. The van der Waals surface area contributed by atoms with Crippen LogP contribution in [0.3, 0.4) is 0 Å². The van der Waals surface area contributed by atoms with Crippen LogP contribution < -0.4 is 5.32 Å². The average Bonchev–Trinajstić information content (AvgIpc) is 3.52. The summed E-state index contributed by atoms with van der Waals surface area (Å²) in [5.41, 5.74) is 1.10. The van der Waals surface area contributed by atoms with Crippen LogP contribution in [0.2, 0.25) is 0 Å². The molecule has 1 N–H and O–H groups in total. The molecule has 9 heteroatoms. The number of nitrogens with one attached hydrogen (secondary N) is 1. The average molecular weight is 453 g/mol. The molecular formula is C22H20N4O3S2. The number of ketones is 1. The van der Waals surface area contributed by atoms with Crippen LogP contribution in [0.15, 0.2) is 70.4 Å². The number of hydrogen-bond acceptors (Lipinski definition) is 7. The Labute approximate surface area is 187 Å². The summed E-state index contributed by atoms with van der Waals surface area (Å²) in [5.74, 6) is 1.41. The molecule has 0 atom stereocenters. The van der Waals surface area contributed by atoms with E-state index in [1.807, 2.05) is 53.1 Å². The molecule has 31 heavy (non-hydrogen) atoms. The summed E-state index contributed by atoms with van der Waals surface area (Å²) in [6, 6.07) is 17.3. The third-order valence-corrected chi connectivity index (χ3v) is 6.52. The summed E-state index contributed by atoms with van der Waals surface area (Å²) in [6.07, 6.45) is 1.60. The van der Waals surface area contributed by atoms with Gasteiger partial charge in [-0.1, -0.05) is 42.1 Å². The summed E-state index contributed by atoms with van der Waals surface area (Å²) in [5, 5.41) is 12.0. The lowest BCUT2D eigenvalue weighted by atomic mass is 10.2. The van der Waals surface area contributed by atoms with Crippen molar-refractivity contribution in [2.75, 3.05) is 5.75 Å². The van der Waals surface area contributed by atoms with Gasteiger partial charge in [0, 0.05) is 11.8 Å². The Bertz CT molecular complexity index is 1170. The first-order chi connectivity index (χ1) is 15.1. The Kier molecular flexibility index (Phi) is 6.63. The molecule has 0 bridgehead atoms. The van der Waals surface area contributed by atoms with Crippen molar-refractivity contribution < 1.29 is 14.0 Å². The van der Waals surface area contributed by atoms with Gasteiger partial charge in [0.05, 0.1) is 30.0 Å². The largest absolute Gasteiger partial charge is 0.461 e. The van der Waals surface area contributed by atoms with Crippen molar-refractivity contribution in [3.8, 4) is 11.6 Å². The number of amides is 1. The van der Waals surface area contributed by atoms with Crippen LogP contribution in [0.4, 0.5) is 0 Å². The number of aromatic nitrogens is 3. The molecular weight excluding hydrogens is 432 g/mol. The number of carbonyl (C=O) groups excluding carboxylic acids is 2. The lowest BCUT2D eigenvalue weighted by Crippen LogP contribution is -2.18. The summed E-state index contributed by atoms with van der Waals surface area (Å²) in [4.78, 5) is 25.4. The van der Waals surface area contributed by atoms with E-state index in [4.69, 9.17) is 4.42 Å². The van der Waals surface area contributed by atoms with E-state index < -0.39 is 0 Å². The maximum absolute atomic E-state index is 12.7. The smallest absolute Gasteiger partial charge is 0.217 e. The van der Waals surface area contributed by atoms with Crippen LogP contribution in [0.25, 0.3) is 11.6 Å². The first kappa shape index (κ1) is 21.1. The molecule has 1 aromatic carbocycles. The molecule has 0 radical (unpaired) electrons. The van der Waals surface area contributed by atoms with Crippen LogP contribution in [0.1, 0.15) is 27.0 Å². The molecule has 0 fully saturated rings. The molecule has 4 aromatic rings. The molecule has 158 valence electrons. The third kappa shape index (κ3) is 5.31. The normalized spacial score (nSPS) is 10.9. The molecule has 0 aliphatic carbocycles. The van der Waals surface area contributed by atoms with Crippen LogP contribution in [-0.4, -0.2) is 32.2 Å². The van der Waals surface area contributed by atoms with Gasteiger partial charge in [0.15, 0.2) is 16.7 Å². The maximum atomic E-state index is 12.7. The van der Waals surface area contributed by atoms with Gasteiger partial charge in [-0.2, -0.15) is 0 Å². The predicted molar refractivity (Wildman–Crippen MR) is 120 cm³/mol. The van der Waals surface area contributed by atoms with E-state index in [1.165, 1.54) is 30.0 Å². The van der Waals surface area contributed by atoms with Crippen molar-refractivity contribution in [3.63, 3.8) is 0 Å². The Morgan fingerprint density at radius 2 is 1.94 bits per heavy atom. The van der Waals surface area contributed by atoms with E-state index in [2.05, 4.69) is 15.5 Å². The van der Waals surface area contributed by atoms with Crippen LogP contribution >= 0.6 is 23.1 Å². The molecule has 0 aliphatic heterocycles. The minimum Gasteiger partial charge on any atom is -0.461 e. The first-order valence-electron chi connectivity index (χ1n) is 9.60. The molecule has 0 unspecified atom stereocenters. The summed E-state index contributed by atoms with van der Waals surface area (Å²) >= 11 is 2.74. The van der Waals surface area contributed by atoms with E-state index in [9.17, 15) is 9.59 Å². The number of rotatable bonds is 9. The topological polar surface area (TPSA) is 90.0 Å². The molecule has 3 heterocycles. The molecule has 4 rings (SSSR count). The van der Waals surface area contributed by atoms with Crippen molar-refractivity contribution >= 4 is 34.8 Å². The van der Waals surface area contributed by atoms with Gasteiger partial charge < -0.3 is 9.73 Å². The van der Waals surface area contributed by atoms with Crippen molar-refractivity contribution in [1.82, 2.24) is 20.1 Å².